The van der Waals surface area contributed by atoms with Crippen LogP contribution in [0.1, 0.15) is 28.9 Å². The molecule has 1 aromatic heterocycles. The van der Waals surface area contributed by atoms with Gasteiger partial charge in [0.25, 0.3) is 0 Å². The SMILES string of the molecule is COc1ccsc1C(=O)OCC[C@H]1CCCO1. The largest absolute Gasteiger partial charge is 0.495 e. The van der Waals surface area contributed by atoms with E-state index < -0.39 is 0 Å². The molecule has 0 amide bonds. The topological polar surface area (TPSA) is 44.8 Å². The van der Waals surface area contributed by atoms with Crippen LogP contribution in [0.3, 0.4) is 0 Å². The summed E-state index contributed by atoms with van der Waals surface area (Å²) >= 11 is 1.33. The number of thiophene rings is 1. The summed E-state index contributed by atoms with van der Waals surface area (Å²) in [5.41, 5.74) is 0. The highest BCUT2D eigenvalue weighted by atomic mass is 32.1. The molecule has 1 fully saturated rings. The van der Waals surface area contributed by atoms with Crippen LogP contribution < -0.4 is 4.74 Å². The quantitative estimate of drug-likeness (QED) is 0.759. The molecule has 1 atom stereocenters. The van der Waals surface area contributed by atoms with Crippen LogP contribution in [0.2, 0.25) is 0 Å². The summed E-state index contributed by atoms with van der Waals surface area (Å²) in [5, 5.41) is 1.81. The lowest BCUT2D eigenvalue weighted by atomic mass is 10.2. The fraction of sp³-hybridized carbons (Fsp3) is 0.583. The van der Waals surface area contributed by atoms with Gasteiger partial charge in [-0.1, -0.05) is 0 Å². The van der Waals surface area contributed by atoms with Gasteiger partial charge < -0.3 is 14.2 Å². The van der Waals surface area contributed by atoms with Crippen molar-refractivity contribution in [1.29, 1.82) is 0 Å². The zero-order valence-corrected chi connectivity index (χ0v) is 10.6. The van der Waals surface area contributed by atoms with Crippen LogP contribution in [0.25, 0.3) is 0 Å². The number of esters is 1. The molecule has 1 aliphatic heterocycles. The van der Waals surface area contributed by atoms with E-state index in [0.717, 1.165) is 25.9 Å². The molecule has 1 aliphatic rings. The molecule has 0 saturated carbocycles. The third-order valence-electron chi connectivity index (χ3n) is 2.73. The van der Waals surface area contributed by atoms with E-state index >= 15 is 0 Å². The Kier molecular flexibility index (Phi) is 4.39. The third-order valence-corrected chi connectivity index (χ3v) is 3.61. The Balaban J connectivity index is 1.77. The summed E-state index contributed by atoms with van der Waals surface area (Å²) in [6.07, 6.45) is 3.21. The van der Waals surface area contributed by atoms with E-state index in [-0.39, 0.29) is 12.1 Å². The number of carbonyl (C=O) groups excluding carboxylic acids is 1. The normalized spacial score (nSPS) is 19.2. The molecule has 5 heteroatoms. The molecule has 0 unspecified atom stereocenters. The first-order valence-electron chi connectivity index (χ1n) is 5.71. The van der Waals surface area contributed by atoms with Gasteiger partial charge in [0.05, 0.1) is 19.8 Å². The van der Waals surface area contributed by atoms with Gasteiger partial charge >= 0.3 is 5.97 Å². The fourth-order valence-corrected chi connectivity index (χ4v) is 2.58. The Bertz CT molecular complexity index is 368. The maximum absolute atomic E-state index is 11.7. The van der Waals surface area contributed by atoms with Crippen molar-refractivity contribution in [2.24, 2.45) is 0 Å². The van der Waals surface area contributed by atoms with Crippen molar-refractivity contribution in [3.63, 3.8) is 0 Å². The van der Waals surface area contributed by atoms with Crippen LogP contribution in [0, 0.1) is 0 Å². The zero-order valence-electron chi connectivity index (χ0n) is 9.81. The van der Waals surface area contributed by atoms with E-state index in [0.29, 0.717) is 17.2 Å². The number of ether oxygens (including phenoxy) is 3. The molecule has 1 aromatic rings. The molecule has 2 heterocycles. The Morgan fingerprint density at radius 1 is 1.65 bits per heavy atom. The van der Waals surface area contributed by atoms with Gasteiger partial charge in [-0.3, -0.25) is 0 Å². The Hall–Kier alpha value is -1.07. The smallest absolute Gasteiger partial charge is 0.352 e. The Morgan fingerprint density at radius 3 is 3.24 bits per heavy atom. The third kappa shape index (κ3) is 3.20. The molecule has 0 aromatic carbocycles. The van der Waals surface area contributed by atoms with Gasteiger partial charge in [-0.15, -0.1) is 11.3 Å². The molecule has 2 rings (SSSR count). The van der Waals surface area contributed by atoms with Crippen molar-refractivity contribution in [2.45, 2.75) is 25.4 Å². The molecule has 0 bridgehead atoms. The lowest BCUT2D eigenvalue weighted by molar-refractivity contribution is 0.0388. The van der Waals surface area contributed by atoms with E-state index in [2.05, 4.69) is 0 Å². The van der Waals surface area contributed by atoms with Crippen LogP contribution in [0.15, 0.2) is 11.4 Å². The minimum Gasteiger partial charge on any atom is -0.495 e. The fourth-order valence-electron chi connectivity index (χ4n) is 1.83. The summed E-state index contributed by atoms with van der Waals surface area (Å²) in [5.74, 6) is 0.270. The molecular formula is C12H16O4S. The minimum absolute atomic E-state index is 0.257. The van der Waals surface area contributed by atoms with E-state index in [1.54, 1.807) is 13.2 Å². The number of carbonyl (C=O) groups is 1. The molecule has 0 aliphatic carbocycles. The first kappa shape index (κ1) is 12.4. The van der Waals surface area contributed by atoms with Gasteiger partial charge in [-0.05, 0) is 24.3 Å². The maximum Gasteiger partial charge on any atom is 0.352 e. The minimum atomic E-state index is -0.310. The van der Waals surface area contributed by atoms with E-state index in [1.165, 1.54) is 11.3 Å². The first-order valence-corrected chi connectivity index (χ1v) is 6.59. The van der Waals surface area contributed by atoms with Gasteiger partial charge in [-0.25, -0.2) is 4.79 Å². The monoisotopic (exact) mass is 256 g/mol. The molecular weight excluding hydrogens is 240 g/mol. The second-order valence-corrected chi connectivity index (χ2v) is 4.79. The summed E-state index contributed by atoms with van der Waals surface area (Å²) in [7, 11) is 1.55. The van der Waals surface area contributed by atoms with Gasteiger partial charge in [0, 0.05) is 13.0 Å². The second kappa shape index (κ2) is 6.02. The van der Waals surface area contributed by atoms with Crippen molar-refractivity contribution in [1.82, 2.24) is 0 Å². The van der Waals surface area contributed by atoms with Crippen molar-refractivity contribution >= 4 is 17.3 Å². The molecule has 4 nitrogen and oxygen atoms in total. The van der Waals surface area contributed by atoms with E-state index in [4.69, 9.17) is 14.2 Å². The van der Waals surface area contributed by atoms with Crippen molar-refractivity contribution in [2.75, 3.05) is 20.3 Å². The molecule has 17 heavy (non-hydrogen) atoms. The average Bonchev–Trinajstić information content (AvgIpc) is 2.99. The van der Waals surface area contributed by atoms with Gasteiger partial charge in [-0.2, -0.15) is 0 Å². The number of rotatable bonds is 5. The number of hydrogen-bond acceptors (Lipinski definition) is 5. The standard InChI is InChI=1S/C12H16O4S/c1-14-10-5-8-17-11(10)12(13)16-7-4-9-3-2-6-15-9/h5,8-9H,2-4,6-7H2,1H3/t9-/m1/s1. The van der Waals surface area contributed by atoms with Gasteiger partial charge in [0.1, 0.15) is 5.75 Å². The number of methoxy groups -OCH3 is 1. The maximum atomic E-state index is 11.7. The highest BCUT2D eigenvalue weighted by molar-refractivity contribution is 7.12. The summed E-state index contributed by atoms with van der Waals surface area (Å²) in [6, 6.07) is 1.77. The van der Waals surface area contributed by atoms with Crippen LogP contribution in [0.5, 0.6) is 5.75 Å². The molecule has 0 N–H and O–H groups in total. The van der Waals surface area contributed by atoms with E-state index in [1.807, 2.05) is 5.38 Å². The lowest BCUT2D eigenvalue weighted by Crippen LogP contribution is -2.12. The van der Waals surface area contributed by atoms with Crippen molar-refractivity contribution in [3.05, 3.63) is 16.3 Å². The zero-order chi connectivity index (χ0) is 12.1. The molecule has 94 valence electrons. The lowest BCUT2D eigenvalue weighted by Gasteiger charge is -2.09. The first-order chi connectivity index (χ1) is 8.31. The van der Waals surface area contributed by atoms with Gasteiger partial charge in [0.2, 0.25) is 0 Å². The molecule has 1 saturated heterocycles. The second-order valence-electron chi connectivity index (χ2n) is 3.88. The Labute approximate surface area is 104 Å². The molecule has 0 spiro atoms. The van der Waals surface area contributed by atoms with Gasteiger partial charge in [0.15, 0.2) is 4.88 Å². The average molecular weight is 256 g/mol. The predicted octanol–water partition coefficient (Wildman–Crippen LogP) is 2.48. The predicted molar refractivity (Wildman–Crippen MR) is 64.7 cm³/mol. The van der Waals surface area contributed by atoms with Crippen molar-refractivity contribution < 1.29 is 19.0 Å². The van der Waals surface area contributed by atoms with Crippen LogP contribution >= 0.6 is 11.3 Å². The summed E-state index contributed by atoms with van der Waals surface area (Å²) in [4.78, 5) is 12.3. The highest BCUT2D eigenvalue weighted by Crippen LogP contribution is 2.25. The molecule has 0 radical (unpaired) electrons. The highest BCUT2D eigenvalue weighted by Gasteiger charge is 2.18. The van der Waals surface area contributed by atoms with E-state index in [9.17, 15) is 4.79 Å². The number of hydrogen-bond donors (Lipinski definition) is 0. The van der Waals surface area contributed by atoms with Crippen LogP contribution in [-0.2, 0) is 9.47 Å². The van der Waals surface area contributed by atoms with Crippen LogP contribution in [0.4, 0.5) is 0 Å². The summed E-state index contributed by atoms with van der Waals surface area (Å²) in [6.45, 7) is 1.24. The van der Waals surface area contributed by atoms with Crippen molar-refractivity contribution in [3.8, 4) is 5.75 Å². The Morgan fingerprint density at radius 2 is 2.53 bits per heavy atom. The summed E-state index contributed by atoms with van der Waals surface area (Å²) < 4.78 is 15.7. The van der Waals surface area contributed by atoms with Crippen LogP contribution in [-0.4, -0.2) is 32.4 Å².